The van der Waals surface area contributed by atoms with E-state index in [9.17, 15) is 10.5 Å². The first-order valence-electron chi connectivity index (χ1n) is 11.8. The molecule has 0 aliphatic carbocycles. The van der Waals surface area contributed by atoms with Gasteiger partial charge in [0.1, 0.15) is 6.07 Å². The van der Waals surface area contributed by atoms with Crippen molar-refractivity contribution in [3.05, 3.63) is 120 Å². The molecule has 0 amide bonds. The van der Waals surface area contributed by atoms with E-state index in [-0.39, 0.29) is 0 Å². The lowest BCUT2D eigenvalue weighted by molar-refractivity contribution is 1.16. The first kappa shape index (κ1) is 20.1. The predicted molar refractivity (Wildman–Crippen MR) is 145 cm³/mol. The summed E-state index contributed by atoms with van der Waals surface area (Å²) < 4.78 is 4.44. The van der Waals surface area contributed by atoms with Crippen molar-refractivity contribution in [3.8, 4) is 23.5 Å². The predicted octanol–water partition coefficient (Wildman–Crippen LogP) is 7.62. The number of nitrogens with zero attached hydrogens (tertiary/aromatic N) is 4. The Balaban J connectivity index is 1.72. The third-order valence-corrected chi connectivity index (χ3v) is 6.97. The third-order valence-electron chi connectivity index (χ3n) is 6.97. The van der Waals surface area contributed by atoms with Crippen LogP contribution in [0.4, 0.5) is 0 Å². The zero-order chi connectivity index (χ0) is 24.2. The second-order valence-corrected chi connectivity index (χ2v) is 8.85. The van der Waals surface area contributed by atoms with Crippen molar-refractivity contribution in [3.63, 3.8) is 0 Å². The van der Waals surface area contributed by atoms with Gasteiger partial charge >= 0.3 is 0 Å². The first-order chi connectivity index (χ1) is 17.8. The summed E-state index contributed by atoms with van der Waals surface area (Å²) in [7, 11) is 0. The van der Waals surface area contributed by atoms with E-state index in [2.05, 4.69) is 100 Å². The van der Waals surface area contributed by atoms with E-state index in [4.69, 9.17) is 0 Å². The average molecular weight is 459 g/mol. The molecular weight excluding hydrogens is 440 g/mol. The summed E-state index contributed by atoms with van der Waals surface area (Å²) in [5, 5.41) is 24.1. The second-order valence-electron chi connectivity index (χ2n) is 8.85. The summed E-state index contributed by atoms with van der Waals surface area (Å²) >= 11 is 0. The van der Waals surface area contributed by atoms with Gasteiger partial charge in [-0.3, -0.25) is 0 Å². The topological polar surface area (TPSA) is 57.4 Å². The molecule has 5 aromatic carbocycles. The van der Waals surface area contributed by atoms with Crippen molar-refractivity contribution in [1.29, 1.82) is 10.5 Å². The highest BCUT2D eigenvalue weighted by molar-refractivity contribution is 6.28. The standard InChI is InChI=1S/C32H18N4/c33-19-21-14-15-22(20-34)30(18-21)36-27-13-7-5-11-25(27)32-29(36)17-16-28-31(32)24-10-4-6-12-26(24)35(28)23-8-2-1-3-9-23/h1-18H. The largest absolute Gasteiger partial charge is 0.309 e. The number of hydrogen-bond acceptors (Lipinski definition) is 2. The molecule has 0 aliphatic rings. The number of rotatable bonds is 2. The van der Waals surface area contributed by atoms with Gasteiger partial charge in [-0.25, -0.2) is 0 Å². The van der Waals surface area contributed by atoms with Gasteiger partial charge in [0.25, 0.3) is 0 Å². The lowest BCUT2D eigenvalue weighted by atomic mass is 10.1. The Hall–Kier alpha value is -5.32. The number of para-hydroxylation sites is 3. The van der Waals surface area contributed by atoms with Gasteiger partial charge in [0.05, 0.1) is 45.0 Å². The van der Waals surface area contributed by atoms with Crippen LogP contribution in [-0.2, 0) is 0 Å². The fourth-order valence-corrected chi connectivity index (χ4v) is 5.51. The smallest absolute Gasteiger partial charge is 0.101 e. The van der Waals surface area contributed by atoms with Crippen LogP contribution in [0, 0.1) is 22.7 Å². The molecule has 0 bridgehead atoms. The van der Waals surface area contributed by atoms with Crippen molar-refractivity contribution < 1.29 is 0 Å². The van der Waals surface area contributed by atoms with Crippen LogP contribution in [0.25, 0.3) is 55.0 Å². The summed E-state index contributed by atoms with van der Waals surface area (Å²) in [6, 6.07) is 41.3. The van der Waals surface area contributed by atoms with Crippen molar-refractivity contribution >= 4 is 43.6 Å². The summed E-state index contributed by atoms with van der Waals surface area (Å²) in [5.74, 6) is 0. The number of nitriles is 2. The lowest BCUT2D eigenvalue weighted by Crippen LogP contribution is -1.98. The van der Waals surface area contributed by atoms with E-state index in [1.807, 2.05) is 18.2 Å². The van der Waals surface area contributed by atoms with Crippen molar-refractivity contribution in [2.24, 2.45) is 0 Å². The molecule has 0 saturated carbocycles. The van der Waals surface area contributed by atoms with Gasteiger partial charge in [-0.2, -0.15) is 10.5 Å². The number of benzene rings is 5. The maximum atomic E-state index is 9.92. The molecule has 7 rings (SSSR count). The Bertz CT molecular complexity index is 2060. The number of aromatic nitrogens is 2. The molecule has 4 nitrogen and oxygen atoms in total. The molecule has 0 atom stereocenters. The van der Waals surface area contributed by atoms with E-state index >= 15 is 0 Å². The van der Waals surface area contributed by atoms with Gasteiger partial charge in [-0.1, -0.05) is 54.6 Å². The van der Waals surface area contributed by atoms with Gasteiger partial charge < -0.3 is 9.13 Å². The van der Waals surface area contributed by atoms with E-state index in [1.165, 1.54) is 10.8 Å². The molecule has 36 heavy (non-hydrogen) atoms. The summed E-state index contributed by atoms with van der Waals surface area (Å²) in [5.41, 5.74) is 7.17. The van der Waals surface area contributed by atoms with Crippen molar-refractivity contribution in [2.75, 3.05) is 0 Å². The minimum absolute atomic E-state index is 0.525. The van der Waals surface area contributed by atoms with Crippen LogP contribution in [0.15, 0.2) is 109 Å². The minimum Gasteiger partial charge on any atom is -0.309 e. The van der Waals surface area contributed by atoms with Crippen molar-refractivity contribution in [1.82, 2.24) is 9.13 Å². The molecule has 7 aromatic rings. The van der Waals surface area contributed by atoms with Gasteiger partial charge in [0.15, 0.2) is 0 Å². The number of hydrogen-bond donors (Lipinski definition) is 0. The monoisotopic (exact) mass is 458 g/mol. The number of fused-ring (bicyclic) bond motifs is 7. The summed E-state index contributed by atoms with van der Waals surface area (Å²) in [6.45, 7) is 0. The van der Waals surface area contributed by atoms with E-state index < -0.39 is 0 Å². The van der Waals surface area contributed by atoms with Crippen LogP contribution in [0.1, 0.15) is 11.1 Å². The molecule has 2 aromatic heterocycles. The summed E-state index contributed by atoms with van der Waals surface area (Å²) in [4.78, 5) is 0. The molecule has 2 heterocycles. The highest BCUT2D eigenvalue weighted by Gasteiger charge is 2.21. The zero-order valence-electron chi connectivity index (χ0n) is 19.2. The van der Waals surface area contributed by atoms with Crippen LogP contribution in [0.5, 0.6) is 0 Å². The summed E-state index contributed by atoms with van der Waals surface area (Å²) in [6.07, 6.45) is 0. The zero-order valence-corrected chi connectivity index (χ0v) is 19.2. The quantitative estimate of drug-likeness (QED) is 0.267. The Morgan fingerprint density at radius 3 is 1.72 bits per heavy atom. The van der Waals surface area contributed by atoms with Crippen LogP contribution in [0.2, 0.25) is 0 Å². The SMILES string of the molecule is N#Cc1ccc(C#N)c(-n2c3ccccc3c3c4c5ccccc5n(-c5ccccc5)c4ccc32)c1. The van der Waals surface area contributed by atoms with E-state index in [0.717, 1.165) is 38.5 Å². The van der Waals surface area contributed by atoms with Crippen LogP contribution in [-0.4, -0.2) is 9.13 Å². The molecule has 0 saturated heterocycles. The Morgan fingerprint density at radius 1 is 0.500 bits per heavy atom. The van der Waals surface area contributed by atoms with Crippen LogP contribution >= 0.6 is 0 Å². The molecule has 0 fully saturated rings. The third kappa shape index (κ3) is 2.67. The molecule has 166 valence electrons. The minimum atomic E-state index is 0.525. The van der Waals surface area contributed by atoms with Gasteiger partial charge in [0.2, 0.25) is 0 Å². The van der Waals surface area contributed by atoms with Crippen LogP contribution < -0.4 is 0 Å². The Kier molecular flexibility index (Phi) is 4.24. The maximum absolute atomic E-state index is 9.92. The highest BCUT2D eigenvalue weighted by atomic mass is 15.0. The van der Waals surface area contributed by atoms with Gasteiger partial charge in [-0.15, -0.1) is 0 Å². The van der Waals surface area contributed by atoms with Crippen molar-refractivity contribution in [2.45, 2.75) is 0 Å². The second kappa shape index (κ2) is 7.60. The lowest BCUT2D eigenvalue weighted by Gasteiger charge is -2.11. The molecule has 0 spiro atoms. The fraction of sp³-hybridized carbons (Fsp3) is 0. The highest BCUT2D eigenvalue weighted by Crippen LogP contribution is 2.42. The van der Waals surface area contributed by atoms with E-state index in [0.29, 0.717) is 16.8 Å². The molecular formula is C32H18N4. The van der Waals surface area contributed by atoms with E-state index in [1.54, 1.807) is 12.1 Å². The maximum Gasteiger partial charge on any atom is 0.101 e. The van der Waals surface area contributed by atoms with Gasteiger partial charge in [0, 0.05) is 27.2 Å². The average Bonchev–Trinajstić information content (AvgIpc) is 3.46. The normalized spacial score (nSPS) is 11.3. The van der Waals surface area contributed by atoms with Gasteiger partial charge in [-0.05, 0) is 54.6 Å². The molecule has 4 heteroatoms. The molecule has 0 radical (unpaired) electrons. The van der Waals surface area contributed by atoms with Crippen LogP contribution in [0.3, 0.4) is 0 Å². The molecule has 0 aliphatic heterocycles. The molecule has 0 unspecified atom stereocenters. The Morgan fingerprint density at radius 2 is 1.08 bits per heavy atom. The first-order valence-corrected chi connectivity index (χ1v) is 11.8. The fourth-order valence-electron chi connectivity index (χ4n) is 5.51. The molecule has 0 N–H and O–H groups in total. The Labute approximate surface area is 207 Å².